The topological polar surface area (TPSA) is 61.5 Å². The molecule has 24 heavy (non-hydrogen) atoms. The summed E-state index contributed by atoms with van der Waals surface area (Å²) in [5.41, 5.74) is 7.37. The largest absolute Gasteiger partial charge is 0.497 e. The summed E-state index contributed by atoms with van der Waals surface area (Å²) in [7, 11) is 1.67. The molecule has 0 bridgehead atoms. The van der Waals surface area contributed by atoms with Gasteiger partial charge in [-0.25, -0.2) is 0 Å². The molecule has 0 heterocycles. The molecule has 5 heteroatoms. The second kappa shape index (κ2) is 10.6. The maximum atomic E-state index is 11.9. The number of hydrogen-bond acceptors (Lipinski definition) is 5. The number of methoxy groups -OCH3 is 1. The van der Waals surface area contributed by atoms with Gasteiger partial charge in [-0.05, 0) is 49.8 Å². The summed E-state index contributed by atoms with van der Waals surface area (Å²) in [6.45, 7) is 0. The van der Waals surface area contributed by atoms with Gasteiger partial charge in [0.05, 0.1) is 7.11 Å². The summed E-state index contributed by atoms with van der Waals surface area (Å²) in [4.78, 5) is 11.9. The van der Waals surface area contributed by atoms with Crippen LogP contribution < -0.4 is 10.5 Å². The molecule has 0 spiro atoms. The third-order valence-corrected chi connectivity index (χ3v) is 5.53. The molecule has 1 aliphatic carbocycles. The Morgan fingerprint density at radius 1 is 1.25 bits per heavy atom. The lowest BCUT2D eigenvalue weighted by atomic mass is 9.98. The van der Waals surface area contributed by atoms with Crippen LogP contribution in [0.4, 0.5) is 0 Å². The van der Waals surface area contributed by atoms with Crippen molar-refractivity contribution in [1.82, 2.24) is 0 Å². The fraction of sp³-hybridized carbons (Fsp3) is 0.632. The molecule has 1 aliphatic rings. The molecule has 2 rings (SSSR count). The molecular formula is C19H29NO3S. The number of carbonyl (C=O) groups excluding carboxylic acids is 1. The van der Waals surface area contributed by atoms with Gasteiger partial charge >= 0.3 is 5.97 Å². The maximum Gasteiger partial charge on any atom is 0.306 e. The minimum atomic E-state index is -0.0856. The minimum Gasteiger partial charge on any atom is -0.497 e. The van der Waals surface area contributed by atoms with Crippen LogP contribution in [0, 0.1) is 0 Å². The highest BCUT2D eigenvalue weighted by Crippen LogP contribution is 2.21. The number of esters is 1. The van der Waals surface area contributed by atoms with Crippen molar-refractivity contribution in [2.24, 2.45) is 5.73 Å². The van der Waals surface area contributed by atoms with E-state index in [2.05, 4.69) is 12.1 Å². The highest BCUT2D eigenvalue weighted by molar-refractivity contribution is 7.98. The third kappa shape index (κ3) is 7.14. The average Bonchev–Trinajstić information content (AvgIpc) is 2.61. The van der Waals surface area contributed by atoms with Crippen LogP contribution in [0.1, 0.15) is 50.5 Å². The van der Waals surface area contributed by atoms with E-state index in [4.69, 9.17) is 15.2 Å². The summed E-state index contributed by atoms with van der Waals surface area (Å²) in [5, 5.41) is 0. The number of ether oxygens (including phenoxy) is 2. The van der Waals surface area contributed by atoms with Gasteiger partial charge in [-0.3, -0.25) is 4.79 Å². The van der Waals surface area contributed by atoms with Crippen molar-refractivity contribution in [3.8, 4) is 5.75 Å². The summed E-state index contributed by atoms with van der Waals surface area (Å²) in [6, 6.07) is 8.11. The monoisotopic (exact) mass is 351 g/mol. The van der Waals surface area contributed by atoms with Gasteiger partial charge in [0, 0.05) is 24.0 Å². The SMILES string of the molecule is COc1ccc(CSC[C@H](N)CCC(=O)OC2CCCCC2)cc1. The zero-order valence-corrected chi connectivity index (χ0v) is 15.4. The van der Waals surface area contributed by atoms with Crippen molar-refractivity contribution >= 4 is 17.7 Å². The molecule has 0 aliphatic heterocycles. The first-order valence-corrected chi connectivity index (χ1v) is 9.98. The Morgan fingerprint density at radius 2 is 1.96 bits per heavy atom. The van der Waals surface area contributed by atoms with Gasteiger partial charge in [-0.1, -0.05) is 18.6 Å². The van der Waals surface area contributed by atoms with Gasteiger partial charge in [0.15, 0.2) is 0 Å². The van der Waals surface area contributed by atoms with Gasteiger partial charge in [0.1, 0.15) is 11.9 Å². The smallest absolute Gasteiger partial charge is 0.306 e. The Hall–Kier alpha value is -1.20. The van der Waals surface area contributed by atoms with Gasteiger partial charge in [0.25, 0.3) is 0 Å². The summed E-state index contributed by atoms with van der Waals surface area (Å²) in [6.07, 6.45) is 6.95. The van der Waals surface area contributed by atoms with Gasteiger partial charge in [-0.15, -0.1) is 0 Å². The molecule has 1 aromatic rings. The first kappa shape index (κ1) is 19.1. The molecule has 4 nitrogen and oxygen atoms in total. The molecule has 1 aromatic carbocycles. The zero-order valence-electron chi connectivity index (χ0n) is 14.5. The number of carbonyl (C=O) groups is 1. The van der Waals surface area contributed by atoms with E-state index in [0.717, 1.165) is 30.1 Å². The molecule has 1 fully saturated rings. The van der Waals surface area contributed by atoms with E-state index in [9.17, 15) is 4.79 Å². The van der Waals surface area contributed by atoms with E-state index < -0.39 is 0 Å². The van der Waals surface area contributed by atoms with Crippen LogP contribution in [0.2, 0.25) is 0 Å². The first-order chi connectivity index (χ1) is 11.7. The predicted octanol–water partition coefficient (Wildman–Crippen LogP) is 3.91. The lowest BCUT2D eigenvalue weighted by Gasteiger charge is -2.22. The molecule has 0 radical (unpaired) electrons. The Kier molecular flexibility index (Phi) is 8.47. The molecule has 0 amide bonds. The van der Waals surface area contributed by atoms with Crippen LogP contribution in [-0.2, 0) is 15.3 Å². The van der Waals surface area contributed by atoms with Gasteiger partial charge in [0.2, 0.25) is 0 Å². The van der Waals surface area contributed by atoms with Crippen LogP contribution >= 0.6 is 11.8 Å². The molecule has 2 N–H and O–H groups in total. The number of nitrogens with two attached hydrogens (primary N) is 1. The molecule has 1 atom stereocenters. The highest BCUT2D eigenvalue weighted by Gasteiger charge is 2.18. The predicted molar refractivity (Wildman–Crippen MR) is 99.3 cm³/mol. The maximum absolute atomic E-state index is 11.9. The Balaban J connectivity index is 1.56. The van der Waals surface area contributed by atoms with Crippen LogP contribution in [-0.4, -0.2) is 31.0 Å². The van der Waals surface area contributed by atoms with E-state index in [0.29, 0.717) is 12.8 Å². The minimum absolute atomic E-state index is 0.0344. The Bertz CT molecular complexity index is 486. The van der Waals surface area contributed by atoms with E-state index in [-0.39, 0.29) is 18.1 Å². The molecule has 0 saturated heterocycles. The lowest BCUT2D eigenvalue weighted by molar-refractivity contribution is -0.150. The fourth-order valence-corrected chi connectivity index (χ4v) is 3.88. The molecule has 0 unspecified atom stereocenters. The normalized spacial score (nSPS) is 16.6. The summed E-state index contributed by atoms with van der Waals surface area (Å²) in [5.74, 6) is 2.56. The number of rotatable bonds is 9. The molecular weight excluding hydrogens is 322 g/mol. The van der Waals surface area contributed by atoms with E-state index >= 15 is 0 Å². The van der Waals surface area contributed by atoms with Crippen LogP contribution in [0.25, 0.3) is 0 Å². The van der Waals surface area contributed by atoms with E-state index in [1.54, 1.807) is 18.9 Å². The summed E-state index contributed by atoms with van der Waals surface area (Å²) >= 11 is 1.80. The lowest BCUT2D eigenvalue weighted by Crippen LogP contribution is -2.26. The van der Waals surface area contributed by atoms with Crippen LogP contribution in [0.3, 0.4) is 0 Å². The Labute approximate surface area is 149 Å². The third-order valence-electron chi connectivity index (χ3n) is 4.33. The fourth-order valence-electron chi connectivity index (χ4n) is 2.86. The molecule has 134 valence electrons. The van der Waals surface area contributed by atoms with Crippen molar-refractivity contribution in [3.05, 3.63) is 29.8 Å². The average molecular weight is 352 g/mol. The number of thioether (sulfide) groups is 1. The van der Waals surface area contributed by atoms with Crippen molar-refractivity contribution < 1.29 is 14.3 Å². The van der Waals surface area contributed by atoms with Crippen LogP contribution in [0.15, 0.2) is 24.3 Å². The highest BCUT2D eigenvalue weighted by atomic mass is 32.2. The van der Waals surface area contributed by atoms with Crippen molar-refractivity contribution in [1.29, 1.82) is 0 Å². The van der Waals surface area contributed by atoms with Crippen molar-refractivity contribution in [2.75, 3.05) is 12.9 Å². The van der Waals surface area contributed by atoms with Crippen LogP contribution in [0.5, 0.6) is 5.75 Å². The van der Waals surface area contributed by atoms with Gasteiger partial charge < -0.3 is 15.2 Å². The number of hydrogen-bond donors (Lipinski definition) is 1. The standard InChI is InChI=1S/C19H29NO3S/c1-22-17-10-7-15(8-11-17)13-24-14-16(20)9-12-19(21)23-18-5-3-2-4-6-18/h7-8,10-11,16,18H,2-6,9,12-14,20H2,1H3/t16-/m1/s1. The van der Waals surface area contributed by atoms with Crippen molar-refractivity contribution in [2.45, 2.75) is 62.8 Å². The molecule has 1 saturated carbocycles. The van der Waals surface area contributed by atoms with E-state index in [1.165, 1.54) is 24.8 Å². The number of benzene rings is 1. The second-order valence-corrected chi connectivity index (χ2v) is 7.44. The van der Waals surface area contributed by atoms with E-state index in [1.807, 2.05) is 12.1 Å². The second-order valence-electron chi connectivity index (χ2n) is 6.41. The first-order valence-electron chi connectivity index (χ1n) is 8.83. The summed E-state index contributed by atoms with van der Waals surface area (Å²) < 4.78 is 10.7. The van der Waals surface area contributed by atoms with Gasteiger partial charge in [-0.2, -0.15) is 11.8 Å². The van der Waals surface area contributed by atoms with Crippen molar-refractivity contribution in [3.63, 3.8) is 0 Å². The molecule has 0 aromatic heterocycles. The quantitative estimate of drug-likeness (QED) is 0.684. The Morgan fingerprint density at radius 3 is 2.62 bits per heavy atom. The zero-order chi connectivity index (χ0) is 17.2.